The van der Waals surface area contributed by atoms with Crippen molar-refractivity contribution < 1.29 is 4.21 Å². The molecule has 0 fully saturated rings. The molecule has 0 unspecified atom stereocenters. The van der Waals surface area contributed by atoms with E-state index >= 15 is 0 Å². The fraction of sp³-hybridized carbons (Fsp3) is 0. The molecular formula is CNOS+. The van der Waals surface area contributed by atoms with E-state index in [4.69, 9.17) is 9.47 Å². The third kappa shape index (κ3) is 1.51. The minimum absolute atomic E-state index is 0.0880. The molecule has 0 saturated heterocycles. The topological polar surface area (TPSA) is 40.9 Å². The van der Waals surface area contributed by atoms with Crippen LogP contribution < -0.4 is 0 Å². The first-order valence-electron chi connectivity index (χ1n) is 0.594. The first-order valence-corrected chi connectivity index (χ1v) is 1.34. The lowest BCUT2D eigenvalue weighted by Crippen LogP contribution is -1.33. The van der Waals surface area contributed by atoms with E-state index in [2.05, 4.69) is 0 Å². The van der Waals surface area contributed by atoms with Crippen LogP contribution in [0.1, 0.15) is 0 Å². The van der Waals surface area contributed by atoms with Crippen molar-refractivity contribution in [2.75, 3.05) is 0 Å². The van der Waals surface area contributed by atoms with Gasteiger partial charge in [0.15, 0.2) is 0 Å². The SMILES string of the molecule is N#C[S+]=O. The summed E-state index contributed by atoms with van der Waals surface area (Å²) in [5.74, 6) is 0. The fourth-order valence-corrected chi connectivity index (χ4v) is 0. The van der Waals surface area contributed by atoms with Crippen LogP contribution in [-0.2, 0) is 15.9 Å². The molecule has 0 saturated carbocycles. The highest BCUT2D eigenvalue weighted by molar-refractivity contribution is 7.70. The quantitative estimate of drug-likeness (QED) is 0.297. The Labute approximate surface area is 27.5 Å². The van der Waals surface area contributed by atoms with Gasteiger partial charge in [-0.05, 0) is 0 Å². The zero-order valence-corrected chi connectivity index (χ0v) is 2.58. The lowest BCUT2D eigenvalue weighted by atomic mass is 11.8. The molecule has 2 nitrogen and oxygen atoms in total. The minimum atomic E-state index is -0.0880. The van der Waals surface area contributed by atoms with E-state index in [0.717, 1.165) is 0 Å². The minimum Gasteiger partial charge on any atom is -0.122 e. The van der Waals surface area contributed by atoms with Gasteiger partial charge in [-0.2, -0.15) is 0 Å². The third-order valence-corrected chi connectivity index (χ3v) is 0.112. The molecule has 4 heavy (non-hydrogen) atoms. The van der Waals surface area contributed by atoms with Crippen LogP contribution >= 0.6 is 0 Å². The molecule has 0 N–H and O–H groups in total. The van der Waals surface area contributed by atoms with Crippen molar-refractivity contribution in [3.63, 3.8) is 0 Å². The maximum absolute atomic E-state index is 8.85. The van der Waals surface area contributed by atoms with Crippen molar-refractivity contribution >= 4 is 11.7 Å². The number of thiocyanates is 1. The maximum Gasteiger partial charge on any atom is 0.597 e. The van der Waals surface area contributed by atoms with Crippen molar-refractivity contribution in [2.45, 2.75) is 0 Å². The average molecular weight is 74.1 g/mol. The van der Waals surface area contributed by atoms with Gasteiger partial charge < -0.3 is 0 Å². The lowest BCUT2D eigenvalue weighted by molar-refractivity contribution is 0.609. The molecule has 0 aromatic carbocycles. The van der Waals surface area contributed by atoms with Crippen LogP contribution in [0.15, 0.2) is 0 Å². The van der Waals surface area contributed by atoms with Crippen LogP contribution in [0.25, 0.3) is 0 Å². The first kappa shape index (κ1) is 3.51. The molecule has 0 aromatic rings. The predicted octanol–water partition coefficient (Wildman–Crippen LogP) is -0.104. The Morgan fingerprint density at radius 2 is 2.25 bits per heavy atom. The van der Waals surface area contributed by atoms with E-state index in [1.54, 1.807) is 0 Å². The highest BCUT2D eigenvalue weighted by atomic mass is 32.1. The molecule has 0 aromatic heterocycles. The number of nitrogens with zero attached hydrogens (tertiary/aromatic N) is 1. The second-order valence-corrected chi connectivity index (χ2v) is 0.524. The van der Waals surface area contributed by atoms with E-state index in [1.165, 1.54) is 5.40 Å². The molecule has 0 aliphatic rings. The standard InChI is InChI=1S/CNOS/c2-1-4-3/q+1. The fourth-order valence-electron chi connectivity index (χ4n) is 0. The average Bonchev–Trinajstić information content (AvgIpc) is 1.37. The Bertz CT molecular complexity index is 53.5. The Balaban J connectivity index is 2.92. The molecule has 0 spiro atoms. The first-order chi connectivity index (χ1) is 1.91. The lowest BCUT2D eigenvalue weighted by Gasteiger charge is -0.928. The third-order valence-electron chi connectivity index (χ3n) is 0.0373. The largest absolute Gasteiger partial charge is 0.597 e. The summed E-state index contributed by atoms with van der Waals surface area (Å²) >= 11 is -0.0880. The Morgan fingerprint density at radius 1 is 2.00 bits per heavy atom. The molecule has 3 heteroatoms. The van der Waals surface area contributed by atoms with Crippen LogP contribution in [0.3, 0.4) is 0 Å². The van der Waals surface area contributed by atoms with Crippen molar-refractivity contribution in [1.82, 2.24) is 0 Å². The molecular weight excluding hydrogens is 74.1 g/mol. The summed E-state index contributed by atoms with van der Waals surface area (Å²) in [6.07, 6.45) is 0. The number of rotatable bonds is 0. The van der Waals surface area contributed by atoms with Crippen LogP contribution in [0.5, 0.6) is 0 Å². The van der Waals surface area contributed by atoms with Gasteiger partial charge in [-0.25, -0.2) is 0 Å². The molecule has 0 aliphatic carbocycles. The van der Waals surface area contributed by atoms with Gasteiger partial charge in [0.05, 0.1) is 4.21 Å². The van der Waals surface area contributed by atoms with Gasteiger partial charge in [0, 0.05) is 0 Å². The summed E-state index contributed by atoms with van der Waals surface area (Å²) < 4.78 is 8.85. The van der Waals surface area contributed by atoms with Crippen molar-refractivity contribution in [2.24, 2.45) is 0 Å². The van der Waals surface area contributed by atoms with Gasteiger partial charge in [-0.3, -0.25) is 0 Å². The Morgan fingerprint density at radius 3 is 2.25 bits per heavy atom. The van der Waals surface area contributed by atoms with Crippen molar-refractivity contribution in [1.29, 1.82) is 5.26 Å². The Hall–Kier alpha value is -0.490. The molecule has 0 aliphatic heterocycles. The number of hydrogen-bond acceptors (Lipinski definition) is 2. The van der Waals surface area contributed by atoms with Crippen LogP contribution in [0.4, 0.5) is 0 Å². The zero-order chi connectivity index (χ0) is 3.41. The van der Waals surface area contributed by atoms with Gasteiger partial charge in [0.25, 0.3) is 0 Å². The molecule has 0 amide bonds. The molecule has 0 atom stereocenters. The highest BCUT2D eigenvalue weighted by Crippen LogP contribution is 1.31. The number of hydrogen-bond donors (Lipinski definition) is 0. The van der Waals surface area contributed by atoms with Crippen molar-refractivity contribution in [3.8, 4) is 5.40 Å². The summed E-state index contributed by atoms with van der Waals surface area (Å²) in [5, 5.41) is 8.57. The summed E-state index contributed by atoms with van der Waals surface area (Å²) in [5.41, 5.74) is 0. The maximum atomic E-state index is 8.85. The van der Waals surface area contributed by atoms with Gasteiger partial charge >= 0.3 is 17.1 Å². The molecule has 0 heterocycles. The monoisotopic (exact) mass is 74.0 g/mol. The van der Waals surface area contributed by atoms with Crippen LogP contribution in [0.2, 0.25) is 0 Å². The Kier molecular flexibility index (Phi) is 2.20. The second kappa shape index (κ2) is 2.51. The van der Waals surface area contributed by atoms with Gasteiger partial charge in [-0.15, -0.1) is 5.26 Å². The van der Waals surface area contributed by atoms with E-state index in [1.807, 2.05) is 0 Å². The molecule has 0 radical (unpaired) electrons. The normalized spacial score (nSPS) is 3.75. The molecule has 20 valence electrons. The summed E-state index contributed by atoms with van der Waals surface area (Å²) in [6.45, 7) is 0. The van der Waals surface area contributed by atoms with E-state index in [0.29, 0.717) is 0 Å². The summed E-state index contributed by atoms with van der Waals surface area (Å²) in [4.78, 5) is 0. The molecule has 0 bridgehead atoms. The second-order valence-electron chi connectivity index (χ2n) is 0.175. The van der Waals surface area contributed by atoms with E-state index in [-0.39, 0.29) is 11.7 Å². The van der Waals surface area contributed by atoms with E-state index in [9.17, 15) is 0 Å². The van der Waals surface area contributed by atoms with Gasteiger partial charge in [0.1, 0.15) is 0 Å². The zero-order valence-electron chi connectivity index (χ0n) is 1.76. The summed E-state index contributed by atoms with van der Waals surface area (Å²) in [7, 11) is 0. The van der Waals surface area contributed by atoms with Crippen LogP contribution in [-0.4, -0.2) is 0 Å². The smallest absolute Gasteiger partial charge is 0.122 e. The van der Waals surface area contributed by atoms with Gasteiger partial charge in [-0.1, -0.05) is 0 Å². The number of nitriles is 1. The predicted molar refractivity (Wildman–Crippen MR) is 13.7 cm³/mol. The summed E-state index contributed by atoms with van der Waals surface area (Å²) in [6, 6.07) is 0. The van der Waals surface area contributed by atoms with Crippen molar-refractivity contribution in [3.05, 3.63) is 0 Å². The highest BCUT2D eigenvalue weighted by Gasteiger charge is 1.77. The van der Waals surface area contributed by atoms with Gasteiger partial charge in [0.2, 0.25) is 0 Å². The van der Waals surface area contributed by atoms with Crippen LogP contribution in [0, 0.1) is 10.7 Å². The molecule has 0 rings (SSSR count). The van der Waals surface area contributed by atoms with E-state index < -0.39 is 0 Å².